The van der Waals surface area contributed by atoms with E-state index in [4.69, 9.17) is 19.6 Å². The van der Waals surface area contributed by atoms with Gasteiger partial charge < -0.3 is 19.6 Å². The molecule has 2 aromatic rings. The third-order valence-corrected chi connectivity index (χ3v) is 2.78. The summed E-state index contributed by atoms with van der Waals surface area (Å²) in [6, 6.07) is 7.50. The molecule has 0 aliphatic heterocycles. The number of hydrogen-bond donors (Lipinski definition) is 1. The van der Waals surface area contributed by atoms with Gasteiger partial charge in [0.25, 0.3) is 0 Å². The van der Waals surface area contributed by atoms with Gasteiger partial charge in [-0.1, -0.05) is 11.6 Å². The van der Waals surface area contributed by atoms with Crippen LogP contribution in [0, 0.1) is 6.92 Å². The van der Waals surface area contributed by atoms with Crippen LogP contribution in [-0.4, -0.2) is 20.5 Å². The van der Waals surface area contributed by atoms with Crippen LogP contribution in [-0.2, 0) is 9.47 Å². The minimum atomic E-state index is -0.503. The fourth-order valence-electron chi connectivity index (χ4n) is 1.87. The minimum absolute atomic E-state index is 0.433. The van der Waals surface area contributed by atoms with Crippen LogP contribution >= 0.6 is 0 Å². The summed E-state index contributed by atoms with van der Waals surface area (Å²) in [5.41, 5.74) is 8.03. The molecule has 0 saturated heterocycles. The Balaban J connectivity index is 2.35. The van der Waals surface area contributed by atoms with E-state index in [-0.39, 0.29) is 0 Å². The first-order chi connectivity index (χ1) is 8.15. The van der Waals surface area contributed by atoms with Gasteiger partial charge in [-0.2, -0.15) is 0 Å². The molecule has 0 aliphatic carbocycles. The quantitative estimate of drug-likeness (QED) is 0.826. The maximum atomic E-state index is 6.02. The van der Waals surface area contributed by atoms with Crippen molar-refractivity contribution < 1.29 is 13.9 Å². The number of furan rings is 1. The van der Waals surface area contributed by atoms with E-state index in [1.165, 1.54) is 5.56 Å². The fraction of sp³-hybridized carbons (Fsp3) is 0.385. The largest absolute Gasteiger partial charge is 0.459 e. The monoisotopic (exact) mass is 235 g/mol. The summed E-state index contributed by atoms with van der Waals surface area (Å²) in [5, 5.41) is 1.04. The summed E-state index contributed by atoms with van der Waals surface area (Å²) >= 11 is 0. The number of rotatable bonds is 4. The third-order valence-electron chi connectivity index (χ3n) is 2.78. The van der Waals surface area contributed by atoms with Gasteiger partial charge in [0.15, 0.2) is 6.29 Å². The van der Waals surface area contributed by atoms with Crippen LogP contribution in [0.4, 0.5) is 0 Å². The molecular weight excluding hydrogens is 218 g/mol. The van der Waals surface area contributed by atoms with Gasteiger partial charge in [-0.15, -0.1) is 0 Å². The van der Waals surface area contributed by atoms with Gasteiger partial charge in [-0.25, -0.2) is 0 Å². The van der Waals surface area contributed by atoms with E-state index in [1.807, 2.05) is 25.1 Å². The molecule has 1 aromatic carbocycles. The van der Waals surface area contributed by atoms with Crippen LogP contribution in [0.15, 0.2) is 28.7 Å². The average molecular weight is 235 g/mol. The molecule has 1 aromatic heterocycles. The molecule has 0 saturated carbocycles. The van der Waals surface area contributed by atoms with Crippen LogP contribution in [0.3, 0.4) is 0 Å². The average Bonchev–Trinajstić information content (AvgIpc) is 2.73. The van der Waals surface area contributed by atoms with Crippen molar-refractivity contribution in [3.05, 3.63) is 35.6 Å². The SMILES string of the molecule is COC(OC)C(N)c1cc2cc(C)ccc2o1. The fourth-order valence-corrected chi connectivity index (χ4v) is 1.87. The summed E-state index contributed by atoms with van der Waals surface area (Å²) in [4.78, 5) is 0. The summed E-state index contributed by atoms with van der Waals surface area (Å²) in [7, 11) is 3.11. The first-order valence-corrected chi connectivity index (χ1v) is 5.47. The standard InChI is InChI=1S/C13H17NO3/c1-8-4-5-10-9(6-8)7-11(17-10)12(14)13(15-2)16-3/h4-7,12-13H,14H2,1-3H3. The van der Waals surface area contributed by atoms with Gasteiger partial charge in [0, 0.05) is 19.6 Å². The lowest BCUT2D eigenvalue weighted by Crippen LogP contribution is -2.29. The number of aryl methyl sites for hydroxylation is 1. The molecular formula is C13H17NO3. The summed E-state index contributed by atoms with van der Waals surface area (Å²) in [5.74, 6) is 0.666. The van der Waals surface area contributed by atoms with Gasteiger partial charge >= 0.3 is 0 Å². The van der Waals surface area contributed by atoms with Crippen LogP contribution in [0.5, 0.6) is 0 Å². The maximum Gasteiger partial charge on any atom is 0.179 e. The Labute approximate surface area is 100 Å². The van der Waals surface area contributed by atoms with Crippen molar-refractivity contribution in [2.75, 3.05) is 14.2 Å². The maximum absolute atomic E-state index is 6.02. The van der Waals surface area contributed by atoms with Crippen LogP contribution < -0.4 is 5.73 Å². The van der Waals surface area contributed by atoms with Crippen molar-refractivity contribution in [2.45, 2.75) is 19.3 Å². The van der Waals surface area contributed by atoms with Crippen LogP contribution in [0.2, 0.25) is 0 Å². The van der Waals surface area contributed by atoms with Gasteiger partial charge in [0.05, 0.1) is 0 Å². The number of nitrogens with two attached hydrogens (primary N) is 1. The Morgan fingerprint density at radius 3 is 2.53 bits per heavy atom. The highest BCUT2D eigenvalue weighted by Gasteiger charge is 2.22. The molecule has 0 fully saturated rings. The van der Waals surface area contributed by atoms with E-state index in [1.54, 1.807) is 14.2 Å². The molecule has 1 unspecified atom stereocenters. The van der Waals surface area contributed by atoms with E-state index in [0.717, 1.165) is 11.0 Å². The minimum Gasteiger partial charge on any atom is -0.459 e. The zero-order valence-electron chi connectivity index (χ0n) is 10.3. The molecule has 1 heterocycles. The molecule has 4 nitrogen and oxygen atoms in total. The Hall–Kier alpha value is -1.36. The predicted octanol–water partition coefficient (Wildman–Crippen LogP) is 2.36. The Morgan fingerprint density at radius 1 is 1.18 bits per heavy atom. The second-order valence-electron chi connectivity index (χ2n) is 4.06. The lowest BCUT2D eigenvalue weighted by molar-refractivity contribution is -0.120. The molecule has 4 heteroatoms. The molecule has 92 valence electrons. The third kappa shape index (κ3) is 2.34. The Bertz CT molecular complexity index is 502. The zero-order valence-corrected chi connectivity index (χ0v) is 10.3. The van der Waals surface area contributed by atoms with Crippen LogP contribution in [0.25, 0.3) is 11.0 Å². The van der Waals surface area contributed by atoms with Gasteiger partial charge in [0.1, 0.15) is 17.4 Å². The molecule has 0 amide bonds. The number of benzene rings is 1. The lowest BCUT2D eigenvalue weighted by atomic mass is 10.1. The van der Waals surface area contributed by atoms with Gasteiger partial charge in [-0.05, 0) is 25.1 Å². The van der Waals surface area contributed by atoms with Crippen molar-refractivity contribution in [2.24, 2.45) is 5.73 Å². The van der Waals surface area contributed by atoms with E-state index >= 15 is 0 Å². The molecule has 0 aliphatic rings. The van der Waals surface area contributed by atoms with E-state index in [0.29, 0.717) is 5.76 Å². The second-order valence-corrected chi connectivity index (χ2v) is 4.06. The first kappa shape index (κ1) is 12.1. The normalized spacial score (nSPS) is 13.5. The zero-order chi connectivity index (χ0) is 12.4. The van der Waals surface area contributed by atoms with Crippen molar-refractivity contribution in [3.8, 4) is 0 Å². The highest BCUT2D eigenvalue weighted by atomic mass is 16.7. The number of ether oxygens (including phenoxy) is 2. The van der Waals surface area contributed by atoms with Crippen molar-refractivity contribution >= 4 is 11.0 Å². The van der Waals surface area contributed by atoms with E-state index < -0.39 is 12.3 Å². The Kier molecular flexibility index (Phi) is 3.47. The smallest absolute Gasteiger partial charge is 0.179 e. The molecule has 17 heavy (non-hydrogen) atoms. The highest BCUT2D eigenvalue weighted by Crippen LogP contribution is 2.26. The molecule has 2 N–H and O–H groups in total. The molecule has 0 spiro atoms. The van der Waals surface area contributed by atoms with E-state index in [9.17, 15) is 0 Å². The number of fused-ring (bicyclic) bond motifs is 1. The van der Waals surface area contributed by atoms with Gasteiger partial charge in [-0.3, -0.25) is 0 Å². The summed E-state index contributed by atoms with van der Waals surface area (Å²) < 4.78 is 15.9. The number of hydrogen-bond acceptors (Lipinski definition) is 4. The lowest BCUT2D eigenvalue weighted by Gasteiger charge is -2.18. The van der Waals surface area contributed by atoms with Crippen molar-refractivity contribution in [1.82, 2.24) is 0 Å². The van der Waals surface area contributed by atoms with Crippen molar-refractivity contribution in [1.29, 1.82) is 0 Å². The predicted molar refractivity (Wildman–Crippen MR) is 65.7 cm³/mol. The molecule has 0 radical (unpaired) electrons. The molecule has 2 rings (SSSR count). The second kappa shape index (κ2) is 4.87. The summed E-state index contributed by atoms with van der Waals surface area (Å²) in [6.45, 7) is 2.04. The van der Waals surface area contributed by atoms with Gasteiger partial charge in [0.2, 0.25) is 0 Å². The first-order valence-electron chi connectivity index (χ1n) is 5.47. The number of methoxy groups -OCH3 is 2. The molecule has 0 bridgehead atoms. The van der Waals surface area contributed by atoms with Crippen molar-refractivity contribution in [3.63, 3.8) is 0 Å². The van der Waals surface area contributed by atoms with Crippen LogP contribution in [0.1, 0.15) is 17.4 Å². The van der Waals surface area contributed by atoms with E-state index in [2.05, 4.69) is 6.07 Å². The molecule has 1 atom stereocenters. The summed E-state index contributed by atoms with van der Waals surface area (Å²) in [6.07, 6.45) is -0.503. The highest BCUT2D eigenvalue weighted by molar-refractivity contribution is 5.78. The topological polar surface area (TPSA) is 57.6 Å². The Morgan fingerprint density at radius 2 is 1.88 bits per heavy atom.